The van der Waals surface area contributed by atoms with Gasteiger partial charge in [0.2, 0.25) is 0 Å². The fourth-order valence-electron chi connectivity index (χ4n) is 12.4. The Hall–Kier alpha value is -2.25. The number of aliphatic hydroxyl groups excluding tert-OH is 1. The Morgan fingerprint density at radius 3 is 2.36 bits per heavy atom. The molecule has 6 rings (SSSR count). The van der Waals surface area contributed by atoms with Gasteiger partial charge in [0.25, 0.3) is 0 Å². The van der Waals surface area contributed by atoms with Gasteiger partial charge in [-0.05, 0) is 136 Å². The van der Waals surface area contributed by atoms with Crippen LogP contribution in [0.3, 0.4) is 0 Å². The van der Waals surface area contributed by atoms with Crippen LogP contribution in [0.2, 0.25) is 0 Å². The quantitative estimate of drug-likeness (QED) is 0.297. The summed E-state index contributed by atoms with van der Waals surface area (Å²) in [5.41, 5.74) is 9.24. The predicted octanol–water partition coefficient (Wildman–Crippen LogP) is 8.24. The number of ether oxygens (including phenoxy) is 1. The molecule has 5 aliphatic rings. The summed E-state index contributed by atoms with van der Waals surface area (Å²) in [7, 11) is 0. The summed E-state index contributed by atoms with van der Waals surface area (Å²) in [5, 5.41) is 16.9. The van der Waals surface area contributed by atoms with Crippen LogP contribution in [0.25, 0.3) is 6.08 Å². The number of aliphatic hydroxyl groups is 1. The Morgan fingerprint density at radius 1 is 1.00 bits per heavy atom. The van der Waals surface area contributed by atoms with Crippen LogP contribution in [0.1, 0.15) is 119 Å². The van der Waals surface area contributed by atoms with Crippen molar-refractivity contribution in [3.63, 3.8) is 0 Å². The molecule has 4 saturated carbocycles. The number of hydrazone groups is 1. The van der Waals surface area contributed by atoms with Crippen molar-refractivity contribution >= 4 is 17.8 Å². The molecule has 4 N–H and O–H groups in total. The Kier molecular flexibility index (Phi) is 7.72. The number of allylic oxidation sites excluding steroid dienone is 1. The first kappa shape index (κ1) is 32.7. The van der Waals surface area contributed by atoms with Gasteiger partial charge in [-0.2, -0.15) is 5.10 Å². The molecule has 5 fully saturated rings. The summed E-state index contributed by atoms with van der Waals surface area (Å²) in [6, 6.07) is 6.10. The number of halogens is 1. The largest absolute Gasteiger partial charge is 0.393 e. The summed E-state index contributed by atoms with van der Waals surface area (Å²) in [5.74, 6) is 0.772. The molecule has 1 heterocycles. The van der Waals surface area contributed by atoms with Crippen molar-refractivity contribution in [3.8, 4) is 0 Å². The number of carbonyl (C=O) groups excluding carboxylic acids is 1. The first-order valence-corrected chi connectivity index (χ1v) is 17.4. The molecule has 1 aromatic rings. The second-order valence-electron chi connectivity index (χ2n) is 17.5. The van der Waals surface area contributed by atoms with Crippen molar-refractivity contribution in [3.05, 3.63) is 41.2 Å². The van der Waals surface area contributed by atoms with Crippen molar-refractivity contribution in [2.45, 2.75) is 130 Å². The fraction of sp³-hybridized carbons (Fsp3) is 0.737. The van der Waals surface area contributed by atoms with Gasteiger partial charge in [-0.25, -0.2) is 14.6 Å². The van der Waals surface area contributed by atoms with Gasteiger partial charge in [0.15, 0.2) is 0 Å². The van der Waals surface area contributed by atoms with Crippen LogP contribution in [-0.4, -0.2) is 34.2 Å². The highest BCUT2D eigenvalue weighted by Crippen LogP contribution is 2.76. The number of amides is 2. The maximum atomic E-state index is 15.0. The van der Waals surface area contributed by atoms with Gasteiger partial charge in [0.1, 0.15) is 5.82 Å². The Bertz CT molecular complexity index is 1420. The molecule has 0 spiro atoms. The lowest BCUT2D eigenvalue weighted by molar-refractivity contribution is -0.243. The number of carbonyl (C=O) groups is 1. The van der Waals surface area contributed by atoms with E-state index in [1.165, 1.54) is 12.5 Å². The van der Waals surface area contributed by atoms with Crippen molar-refractivity contribution in [1.82, 2.24) is 5.43 Å². The summed E-state index contributed by atoms with van der Waals surface area (Å²) >= 11 is 0. The molecule has 1 saturated heterocycles. The molecule has 1 aromatic carbocycles. The van der Waals surface area contributed by atoms with Crippen LogP contribution in [-0.2, 0) is 4.74 Å². The smallest absolute Gasteiger partial charge is 0.332 e. The summed E-state index contributed by atoms with van der Waals surface area (Å²) in [6.45, 7) is 18.6. The van der Waals surface area contributed by atoms with Gasteiger partial charge in [-0.3, -0.25) is 0 Å². The van der Waals surface area contributed by atoms with Gasteiger partial charge >= 0.3 is 6.03 Å². The highest BCUT2D eigenvalue weighted by atomic mass is 19.1. The van der Waals surface area contributed by atoms with Gasteiger partial charge in [-0.15, -0.1) is 0 Å². The van der Waals surface area contributed by atoms with Gasteiger partial charge in [0, 0.05) is 11.0 Å². The average molecular weight is 622 g/mol. The van der Waals surface area contributed by atoms with Crippen LogP contribution >= 0.6 is 0 Å². The van der Waals surface area contributed by atoms with Crippen LogP contribution in [0, 0.1) is 51.1 Å². The van der Waals surface area contributed by atoms with Gasteiger partial charge < -0.3 is 15.6 Å². The Balaban J connectivity index is 1.42. The van der Waals surface area contributed by atoms with E-state index >= 15 is 4.39 Å². The SMILES string of the molecule is CC1(C)CCC[C@](C)([C@H]2CC[C@]3(C)[C@@H]2[C@H](O)C[C@@H]2[C@@]4(C)CC(=C\c5ccccc5F)/C(=N\NC(N)=O)C(C)(C)[C@@H]4CC[C@]23C)O1. The number of benzene rings is 1. The number of urea groups is 1. The van der Waals surface area contributed by atoms with E-state index in [9.17, 15) is 9.90 Å². The zero-order valence-electron chi connectivity index (χ0n) is 28.8. The van der Waals surface area contributed by atoms with E-state index < -0.39 is 17.6 Å². The molecule has 2 amide bonds. The van der Waals surface area contributed by atoms with E-state index in [4.69, 9.17) is 10.5 Å². The minimum absolute atomic E-state index is 0.0244. The number of rotatable bonds is 3. The van der Waals surface area contributed by atoms with Crippen LogP contribution in [0.4, 0.5) is 9.18 Å². The second-order valence-corrected chi connectivity index (χ2v) is 17.5. The monoisotopic (exact) mass is 621 g/mol. The normalized spacial score (nSPS) is 45.4. The van der Waals surface area contributed by atoms with Crippen LogP contribution < -0.4 is 11.2 Å². The van der Waals surface area contributed by atoms with E-state index in [1.54, 1.807) is 12.1 Å². The molecule has 7 heteroatoms. The maximum absolute atomic E-state index is 15.0. The molecule has 9 atom stereocenters. The third-order valence-electron chi connectivity index (χ3n) is 14.3. The summed E-state index contributed by atoms with van der Waals surface area (Å²) in [6.07, 6.45) is 10.6. The molecule has 248 valence electrons. The molecule has 1 aliphatic heterocycles. The minimum atomic E-state index is -0.711. The number of fused-ring (bicyclic) bond motifs is 5. The Morgan fingerprint density at radius 2 is 1.69 bits per heavy atom. The lowest BCUT2D eigenvalue weighted by Crippen LogP contribution is -2.66. The van der Waals surface area contributed by atoms with Crippen molar-refractivity contribution < 1.29 is 19.0 Å². The molecule has 45 heavy (non-hydrogen) atoms. The molecule has 0 aromatic heterocycles. The molecule has 0 bridgehead atoms. The highest BCUT2D eigenvalue weighted by Gasteiger charge is 2.72. The number of hydrogen-bond donors (Lipinski definition) is 3. The zero-order valence-corrected chi connectivity index (χ0v) is 28.8. The van der Waals surface area contributed by atoms with E-state index in [1.807, 2.05) is 12.1 Å². The summed E-state index contributed by atoms with van der Waals surface area (Å²) in [4.78, 5) is 11.8. The van der Waals surface area contributed by atoms with E-state index in [0.29, 0.717) is 17.9 Å². The lowest BCUT2D eigenvalue weighted by Gasteiger charge is -2.70. The van der Waals surface area contributed by atoms with Crippen LogP contribution in [0.15, 0.2) is 34.9 Å². The fourth-order valence-corrected chi connectivity index (χ4v) is 12.4. The standard InChI is InChI=1S/C38H56FN3O3/c1-33(2)16-11-17-38(8,45-33)25-14-18-37(7)30(25)27(43)21-29-35(5)22-24(20-23-12-9-10-13-26(23)39)31(41-42-32(40)44)34(3,4)28(35)15-19-36(29,37)6/h9-10,12-13,20,25,27-30,43H,11,14-19,21-22H2,1-8H3,(H3,40,42,44)/b24-20+,41-31+/t25-,27+,28-,29+,30-,35-,36+,37+,38+/m0/s1. The number of nitrogens with zero attached hydrogens (tertiary/aromatic N) is 1. The molecular formula is C38H56FN3O3. The Labute approximate surface area is 269 Å². The zero-order chi connectivity index (χ0) is 32.8. The van der Waals surface area contributed by atoms with Crippen molar-refractivity contribution in [2.75, 3.05) is 0 Å². The number of primary amides is 1. The number of hydrogen-bond acceptors (Lipinski definition) is 4. The first-order chi connectivity index (χ1) is 20.9. The van der Waals surface area contributed by atoms with Crippen LogP contribution in [0.5, 0.6) is 0 Å². The third kappa shape index (κ3) is 4.92. The highest BCUT2D eigenvalue weighted by molar-refractivity contribution is 6.08. The average Bonchev–Trinajstić information content (AvgIpc) is 3.31. The number of nitrogens with two attached hydrogens (primary N) is 1. The first-order valence-electron chi connectivity index (χ1n) is 17.4. The summed E-state index contributed by atoms with van der Waals surface area (Å²) < 4.78 is 22.0. The second kappa shape index (κ2) is 10.6. The van der Waals surface area contributed by atoms with E-state index in [2.05, 4.69) is 65.9 Å². The van der Waals surface area contributed by atoms with E-state index in [0.717, 1.165) is 56.2 Å². The van der Waals surface area contributed by atoms with Crippen molar-refractivity contribution in [2.24, 2.45) is 56.2 Å². The molecular weight excluding hydrogens is 565 g/mol. The third-order valence-corrected chi connectivity index (χ3v) is 14.3. The maximum Gasteiger partial charge on any atom is 0.332 e. The topological polar surface area (TPSA) is 96.9 Å². The molecule has 6 nitrogen and oxygen atoms in total. The van der Waals surface area contributed by atoms with Gasteiger partial charge in [-0.1, -0.05) is 52.8 Å². The predicted molar refractivity (Wildman–Crippen MR) is 178 cm³/mol. The van der Waals surface area contributed by atoms with Crippen molar-refractivity contribution in [1.29, 1.82) is 0 Å². The van der Waals surface area contributed by atoms with Gasteiger partial charge in [0.05, 0.1) is 23.0 Å². The lowest BCUT2D eigenvalue weighted by atomic mass is 9.34. The number of nitrogens with one attached hydrogen (secondary N) is 1. The molecule has 0 unspecified atom stereocenters. The van der Waals surface area contributed by atoms with E-state index in [-0.39, 0.29) is 51.0 Å². The minimum Gasteiger partial charge on any atom is -0.393 e. The molecule has 0 radical (unpaired) electrons. The molecule has 4 aliphatic carbocycles.